The number of carbonyl (C=O) groups excluding carboxylic acids is 1. The number of hydrogen-bond acceptors (Lipinski definition) is 5. The molecule has 0 aliphatic carbocycles. The van der Waals surface area contributed by atoms with Gasteiger partial charge in [0.25, 0.3) is 0 Å². The van der Waals surface area contributed by atoms with Gasteiger partial charge in [0.1, 0.15) is 0 Å². The fourth-order valence-corrected chi connectivity index (χ4v) is 2.41. The van der Waals surface area contributed by atoms with Crippen LogP contribution in [0.25, 0.3) is 0 Å². The van der Waals surface area contributed by atoms with E-state index in [1.54, 1.807) is 0 Å². The van der Waals surface area contributed by atoms with Gasteiger partial charge in [-0.1, -0.05) is 18.5 Å². The van der Waals surface area contributed by atoms with Crippen LogP contribution in [0.1, 0.15) is 44.3 Å². The number of rotatable bonds is 6. The average Bonchev–Trinajstić information content (AvgIpc) is 2.84. The highest BCUT2D eigenvalue weighted by atomic mass is 16.5. The fourth-order valence-electron chi connectivity index (χ4n) is 2.41. The third-order valence-electron chi connectivity index (χ3n) is 3.53. The summed E-state index contributed by atoms with van der Waals surface area (Å²) in [6.45, 7) is 4.40. The van der Waals surface area contributed by atoms with Gasteiger partial charge < -0.3 is 10.3 Å². The molecular weight excluding hydrogens is 244 g/mol. The Labute approximate surface area is 113 Å². The van der Waals surface area contributed by atoms with Crippen molar-refractivity contribution in [3.8, 4) is 0 Å². The zero-order chi connectivity index (χ0) is 13.7. The average molecular weight is 266 g/mol. The van der Waals surface area contributed by atoms with E-state index in [0.717, 1.165) is 44.5 Å². The zero-order valence-corrected chi connectivity index (χ0v) is 11.5. The summed E-state index contributed by atoms with van der Waals surface area (Å²) < 4.78 is 5.24. The molecule has 106 valence electrons. The molecule has 1 aromatic heterocycles. The molecule has 1 atom stereocenters. The molecule has 1 aliphatic heterocycles. The van der Waals surface area contributed by atoms with Crippen LogP contribution in [0.4, 0.5) is 0 Å². The van der Waals surface area contributed by atoms with Crippen LogP contribution in [-0.2, 0) is 17.8 Å². The Hall–Kier alpha value is -1.43. The van der Waals surface area contributed by atoms with Crippen molar-refractivity contribution < 1.29 is 9.32 Å². The number of unbranched alkanes of at least 4 members (excludes halogenated alkanes) is 1. The van der Waals surface area contributed by atoms with Crippen LogP contribution in [0.3, 0.4) is 0 Å². The molecule has 19 heavy (non-hydrogen) atoms. The lowest BCUT2D eigenvalue weighted by Crippen LogP contribution is -2.40. The van der Waals surface area contributed by atoms with Crippen LogP contribution in [0.2, 0.25) is 0 Å². The third kappa shape index (κ3) is 4.02. The predicted molar refractivity (Wildman–Crippen MR) is 70.1 cm³/mol. The van der Waals surface area contributed by atoms with Gasteiger partial charge in [-0.2, -0.15) is 4.98 Å². The van der Waals surface area contributed by atoms with Crippen LogP contribution in [0.15, 0.2) is 4.52 Å². The van der Waals surface area contributed by atoms with E-state index >= 15 is 0 Å². The molecule has 2 N–H and O–H groups in total. The van der Waals surface area contributed by atoms with Crippen LogP contribution in [-0.4, -0.2) is 34.0 Å². The first-order valence-corrected chi connectivity index (χ1v) is 7.02. The first kappa shape index (κ1) is 14.0. The first-order chi connectivity index (χ1) is 9.19. The molecule has 0 radical (unpaired) electrons. The number of carbonyl (C=O) groups is 1. The van der Waals surface area contributed by atoms with E-state index in [0.29, 0.717) is 19.0 Å². The third-order valence-corrected chi connectivity index (χ3v) is 3.53. The minimum atomic E-state index is -0.209. The van der Waals surface area contributed by atoms with Crippen LogP contribution in [0, 0.1) is 5.92 Å². The lowest BCUT2D eigenvalue weighted by molar-refractivity contribution is -0.123. The molecule has 2 rings (SSSR count). The number of likely N-dealkylation sites (tertiary alicyclic amines) is 1. The Kier molecular flexibility index (Phi) is 4.90. The van der Waals surface area contributed by atoms with Crippen molar-refractivity contribution >= 4 is 5.91 Å². The molecule has 1 aliphatic rings. The number of primary amides is 1. The summed E-state index contributed by atoms with van der Waals surface area (Å²) in [5.41, 5.74) is 5.36. The molecule has 0 bridgehead atoms. The molecule has 0 saturated carbocycles. The molecule has 6 heteroatoms. The Balaban J connectivity index is 1.86. The number of nitrogens with two attached hydrogens (primary N) is 1. The summed E-state index contributed by atoms with van der Waals surface area (Å²) in [6.07, 6.45) is 4.94. The normalized spacial score (nSPS) is 20.6. The maximum Gasteiger partial charge on any atom is 0.240 e. The van der Waals surface area contributed by atoms with E-state index in [1.165, 1.54) is 0 Å². The largest absolute Gasteiger partial charge is 0.369 e. The van der Waals surface area contributed by atoms with Crippen LogP contribution >= 0.6 is 0 Å². The monoisotopic (exact) mass is 266 g/mol. The van der Waals surface area contributed by atoms with Gasteiger partial charge >= 0.3 is 0 Å². The summed E-state index contributed by atoms with van der Waals surface area (Å²) >= 11 is 0. The summed E-state index contributed by atoms with van der Waals surface area (Å²) in [7, 11) is 0. The molecular formula is C13H22N4O2. The summed E-state index contributed by atoms with van der Waals surface area (Å²) in [6, 6.07) is 0. The van der Waals surface area contributed by atoms with E-state index in [4.69, 9.17) is 10.3 Å². The lowest BCUT2D eigenvalue weighted by Gasteiger charge is -2.29. The first-order valence-electron chi connectivity index (χ1n) is 7.02. The second kappa shape index (κ2) is 6.65. The maximum absolute atomic E-state index is 11.2. The maximum atomic E-state index is 11.2. The second-order valence-electron chi connectivity index (χ2n) is 5.18. The molecule has 6 nitrogen and oxygen atoms in total. The molecule has 1 saturated heterocycles. The minimum Gasteiger partial charge on any atom is -0.369 e. The summed E-state index contributed by atoms with van der Waals surface area (Å²) in [4.78, 5) is 17.8. The number of aromatic nitrogens is 2. The highest BCUT2D eigenvalue weighted by molar-refractivity contribution is 5.76. The lowest BCUT2D eigenvalue weighted by atomic mass is 9.97. The Morgan fingerprint density at radius 2 is 2.42 bits per heavy atom. The van der Waals surface area contributed by atoms with Crippen LogP contribution in [0.5, 0.6) is 0 Å². The Bertz CT molecular complexity index is 419. The number of amides is 1. The van der Waals surface area contributed by atoms with Gasteiger partial charge in [0.2, 0.25) is 11.8 Å². The van der Waals surface area contributed by atoms with Crippen molar-refractivity contribution in [3.05, 3.63) is 11.7 Å². The highest BCUT2D eigenvalue weighted by Crippen LogP contribution is 2.17. The van der Waals surface area contributed by atoms with Gasteiger partial charge in [0.15, 0.2) is 5.82 Å². The zero-order valence-electron chi connectivity index (χ0n) is 11.5. The SMILES string of the molecule is CCCCc1noc(CN2CCC[C@H](C(N)=O)C2)n1. The minimum absolute atomic E-state index is 0.0452. The van der Waals surface area contributed by atoms with Crippen molar-refractivity contribution in [2.24, 2.45) is 11.7 Å². The summed E-state index contributed by atoms with van der Waals surface area (Å²) in [5, 5.41) is 3.97. The highest BCUT2D eigenvalue weighted by Gasteiger charge is 2.25. The quantitative estimate of drug-likeness (QED) is 0.833. The van der Waals surface area contributed by atoms with Gasteiger partial charge in [-0.15, -0.1) is 0 Å². The van der Waals surface area contributed by atoms with E-state index in [1.807, 2.05) is 0 Å². The van der Waals surface area contributed by atoms with Crippen molar-refractivity contribution in [1.82, 2.24) is 15.0 Å². The van der Waals surface area contributed by atoms with Crippen molar-refractivity contribution in [3.63, 3.8) is 0 Å². The van der Waals surface area contributed by atoms with Gasteiger partial charge in [-0.05, 0) is 25.8 Å². The standard InChI is InChI=1S/C13H22N4O2/c1-2-3-6-11-15-12(19-16-11)9-17-7-4-5-10(8-17)13(14)18/h10H,2-9H2,1H3,(H2,14,18)/t10-/m0/s1. The second-order valence-corrected chi connectivity index (χ2v) is 5.18. The number of hydrogen-bond donors (Lipinski definition) is 1. The Morgan fingerprint density at radius 1 is 1.58 bits per heavy atom. The fraction of sp³-hybridized carbons (Fsp3) is 0.769. The van der Waals surface area contributed by atoms with E-state index in [-0.39, 0.29) is 11.8 Å². The molecule has 2 heterocycles. The number of nitrogens with zero attached hydrogens (tertiary/aromatic N) is 3. The number of aryl methyl sites for hydroxylation is 1. The topological polar surface area (TPSA) is 85.3 Å². The van der Waals surface area contributed by atoms with Crippen molar-refractivity contribution in [2.45, 2.75) is 45.6 Å². The predicted octanol–water partition coefficient (Wildman–Crippen LogP) is 1.11. The molecule has 1 fully saturated rings. The van der Waals surface area contributed by atoms with E-state index < -0.39 is 0 Å². The molecule has 0 spiro atoms. The van der Waals surface area contributed by atoms with Gasteiger partial charge in [0.05, 0.1) is 12.5 Å². The molecule has 1 amide bonds. The Morgan fingerprint density at radius 3 is 3.16 bits per heavy atom. The number of piperidine rings is 1. The van der Waals surface area contributed by atoms with Crippen molar-refractivity contribution in [2.75, 3.05) is 13.1 Å². The molecule has 0 unspecified atom stereocenters. The summed E-state index contributed by atoms with van der Waals surface area (Å²) in [5.74, 6) is 1.16. The van der Waals surface area contributed by atoms with Gasteiger partial charge in [-0.25, -0.2) is 0 Å². The van der Waals surface area contributed by atoms with E-state index in [2.05, 4.69) is 22.0 Å². The molecule has 1 aromatic rings. The van der Waals surface area contributed by atoms with Gasteiger partial charge in [0, 0.05) is 13.0 Å². The van der Waals surface area contributed by atoms with E-state index in [9.17, 15) is 4.79 Å². The van der Waals surface area contributed by atoms with Crippen molar-refractivity contribution in [1.29, 1.82) is 0 Å². The van der Waals surface area contributed by atoms with Crippen LogP contribution < -0.4 is 5.73 Å². The van der Waals surface area contributed by atoms with Gasteiger partial charge in [-0.3, -0.25) is 9.69 Å². The molecule has 0 aromatic carbocycles. The smallest absolute Gasteiger partial charge is 0.240 e.